The van der Waals surface area contributed by atoms with Crippen LogP contribution in [-0.2, 0) is 4.74 Å². The van der Waals surface area contributed by atoms with E-state index in [-0.39, 0.29) is 12.1 Å². The molecule has 1 fully saturated rings. The Morgan fingerprint density at radius 1 is 1.19 bits per heavy atom. The molecule has 0 saturated heterocycles. The Balaban J connectivity index is 2.08. The van der Waals surface area contributed by atoms with E-state index in [2.05, 4.69) is 16.9 Å². The fourth-order valence-corrected chi connectivity index (χ4v) is 3.12. The van der Waals surface area contributed by atoms with Crippen LogP contribution in [0.4, 0.5) is 4.79 Å². The Hall–Kier alpha value is -0.420. The van der Waals surface area contributed by atoms with Gasteiger partial charge in [-0.3, -0.25) is 0 Å². The first-order valence-electron chi connectivity index (χ1n) is 8.12. The summed E-state index contributed by atoms with van der Waals surface area (Å²) < 4.78 is 5.30. The Labute approximate surface area is 134 Å². The van der Waals surface area contributed by atoms with Crippen LogP contribution in [0.1, 0.15) is 59.3 Å². The maximum Gasteiger partial charge on any atom is 0.407 e. The molecule has 1 amide bonds. The van der Waals surface area contributed by atoms with E-state index in [0.29, 0.717) is 6.04 Å². The fraction of sp³-hybridized carbons (Fsp3) is 0.938. The number of hydrogen-bond acceptors (Lipinski definition) is 4. The molecule has 0 bridgehead atoms. The van der Waals surface area contributed by atoms with Gasteiger partial charge in [-0.1, -0.05) is 6.42 Å². The van der Waals surface area contributed by atoms with Crippen LogP contribution in [0, 0.1) is 0 Å². The zero-order valence-corrected chi connectivity index (χ0v) is 14.9. The highest BCUT2D eigenvalue weighted by Crippen LogP contribution is 2.20. The predicted molar refractivity (Wildman–Crippen MR) is 91.0 cm³/mol. The van der Waals surface area contributed by atoms with E-state index in [1.165, 1.54) is 25.0 Å². The quantitative estimate of drug-likeness (QED) is 0.672. The first-order valence-corrected chi connectivity index (χ1v) is 9.52. The number of carbonyl (C=O) groups is 1. The maximum absolute atomic E-state index is 11.7. The van der Waals surface area contributed by atoms with E-state index in [1.54, 1.807) is 0 Å². The fourth-order valence-electron chi connectivity index (χ4n) is 2.63. The van der Waals surface area contributed by atoms with Gasteiger partial charge in [0.1, 0.15) is 5.60 Å². The summed E-state index contributed by atoms with van der Waals surface area (Å²) in [5, 5.41) is 6.59. The maximum atomic E-state index is 11.7. The van der Waals surface area contributed by atoms with Crippen LogP contribution in [0.2, 0.25) is 0 Å². The smallest absolute Gasteiger partial charge is 0.407 e. The zero-order chi connectivity index (χ0) is 15.7. The van der Waals surface area contributed by atoms with Crippen LogP contribution >= 0.6 is 11.8 Å². The van der Waals surface area contributed by atoms with E-state index in [1.807, 2.05) is 32.5 Å². The van der Waals surface area contributed by atoms with Crippen molar-refractivity contribution in [2.45, 2.75) is 77.0 Å². The molecule has 1 rings (SSSR count). The highest BCUT2D eigenvalue weighted by atomic mass is 32.2. The topological polar surface area (TPSA) is 50.4 Å². The van der Waals surface area contributed by atoms with Gasteiger partial charge in [-0.05, 0) is 71.4 Å². The molecule has 0 aromatic heterocycles. The minimum Gasteiger partial charge on any atom is -0.444 e. The molecule has 2 unspecified atom stereocenters. The molecule has 1 aliphatic rings. The molecule has 0 heterocycles. The Kier molecular flexibility index (Phi) is 8.49. The third-order valence-electron chi connectivity index (χ3n) is 3.61. The highest BCUT2D eigenvalue weighted by Gasteiger charge is 2.27. The standard InChI is InChI=1S/C16H32N2O2S/c1-16(2,3)20-15(19)18-14-9-8-13(12-14)17-10-6-5-7-11-21-4/h13-14,17H,5-12H2,1-4H3,(H,18,19). The van der Waals surface area contributed by atoms with Crippen molar-refractivity contribution in [2.24, 2.45) is 0 Å². The third-order valence-corrected chi connectivity index (χ3v) is 4.31. The van der Waals surface area contributed by atoms with Gasteiger partial charge in [0.05, 0.1) is 0 Å². The Morgan fingerprint density at radius 2 is 1.90 bits per heavy atom. The molecule has 2 N–H and O–H groups in total. The molecule has 4 nitrogen and oxygen atoms in total. The van der Waals surface area contributed by atoms with Gasteiger partial charge >= 0.3 is 6.09 Å². The lowest BCUT2D eigenvalue weighted by Gasteiger charge is -2.21. The van der Waals surface area contributed by atoms with Gasteiger partial charge in [0, 0.05) is 12.1 Å². The summed E-state index contributed by atoms with van der Waals surface area (Å²) in [7, 11) is 0. The van der Waals surface area contributed by atoms with Crippen LogP contribution in [0.3, 0.4) is 0 Å². The van der Waals surface area contributed by atoms with Crippen LogP contribution in [-0.4, -0.2) is 42.3 Å². The van der Waals surface area contributed by atoms with Gasteiger partial charge in [-0.15, -0.1) is 0 Å². The van der Waals surface area contributed by atoms with Crippen molar-refractivity contribution in [2.75, 3.05) is 18.6 Å². The second kappa shape index (κ2) is 9.57. The summed E-state index contributed by atoms with van der Waals surface area (Å²) in [6.45, 7) is 6.77. The molecule has 1 saturated carbocycles. The van der Waals surface area contributed by atoms with Gasteiger partial charge in [0.25, 0.3) is 0 Å². The number of amides is 1. The minimum atomic E-state index is -0.420. The summed E-state index contributed by atoms with van der Waals surface area (Å²) in [4.78, 5) is 11.7. The van der Waals surface area contributed by atoms with E-state index in [4.69, 9.17) is 4.74 Å². The lowest BCUT2D eigenvalue weighted by molar-refractivity contribution is 0.0505. The van der Waals surface area contributed by atoms with Crippen LogP contribution < -0.4 is 10.6 Å². The number of thioether (sulfide) groups is 1. The largest absolute Gasteiger partial charge is 0.444 e. The molecular weight excluding hydrogens is 284 g/mol. The normalized spacial score (nSPS) is 22.3. The van der Waals surface area contributed by atoms with Gasteiger partial charge in [-0.25, -0.2) is 4.79 Å². The highest BCUT2D eigenvalue weighted by molar-refractivity contribution is 7.98. The van der Waals surface area contributed by atoms with Gasteiger partial charge in [-0.2, -0.15) is 11.8 Å². The summed E-state index contributed by atoms with van der Waals surface area (Å²) in [5.41, 5.74) is -0.420. The molecule has 0 aromatic rings. The van der Waals surface area contributed by atoms with Crippen molar-refractivity contribution in [1.29, 1.82) is 0 Å². The van der Waals surface area contributed by atoms with Gasteiger partial charge in [0.2, 0.25) is 0 Å². The van der Waals surface area contributed by atoms with Crippen molar-refractivity contribution in [3.8, 4) is 0 Å². The molecular formula is C16H32N2O2S. The summed E-state index contributed by atoms with van der Waals surface area (Å²) >= 11 is 1.92. The first kappa shape index (κ1) is 18.6. The van der Waals surface area contributed by atoms with Crippen molar-refractivity contribution in [3.63, 3.8) is 0 Å². The van der Waals surface area contributed by atoms with Crippen molar-refractivity contribution < 1.29 is 9.53 Å². The number of unbranched alkanes of at least 4 members (excludes halogenated alkanes) is 2. The molecule has 5 heteroatoms. The number of rotatable bonds is 8. The van der Waals surface area contributed by atoms with E-state index in [0.717, 1.165) is 25.8 Å². The van der Waals surface area contributed by atoms with Crippen LogP contribution in [0.15, 0.2) is 0 Å². The van der Waals surface area contributed by atoms with E-state index < -0.39 is 5.60 Å². The Bertz CT molecular complexity index is 305. The summed E-state index contributed by atoms with van der Waals surface area (Å²) in [6.07, 6.45) is 8.95. The van der Waals surface area contributed by atoms with Gasteiger partial charge < -0.3 is 15.4 Å². The zero-order valence-electron chi connectivity index (χ0n) is 14.0. The Morgan fingerprint density at radius 3 is 2.57 bits per heavy atom. The second-order valence-electron chi connectivity index (χ2n) is 6.86. The number of hydrogen-bond donors (Lipinski definition) is 2. The molecule has 0 radical (unpaired) electrons. The number of ether oxygens (including phenoxy) is 1. The third kappa shape index (κ3) is 9.25. The lowest BCUT2D eigenvalue weighted by atomic mass is 10.2. The summed E-state index contributed by atoms with van der Waals surface area (Å²) in [6, 6.07) is 0.805. The molecule has 21 heavy (non-hydrogen) atoms. The number of carbonyl (C=O) groups excluding carboxylic acids is 1. The molecule has 124 valence electrons. The summed E-state index contributed by atoms with van der Waals surface area (Å²) in [5.74, 6) is 1.27. The number of nitrogens with one attached hydrogen (secondary N) is 2. The van der Waals surface area contributed by atoms with Crippen LogP contribution in [0.25, 0.3) is 0 Å². The molecule has 0 aliphatic heterocycles. The van der Waals surface area contributed by atoms with Crippen molar-refractivity contribution in [1.82, 2.24) is 10.6 Å². The minimum absolute atomic E-state index is 0.258. The average molecular weight is 317 g/mol. The van der Waals surface area contributed by atoms with Crippen molar-refractivity contribution >= 4 is 17.9 Å². The van der Waals surface area contributed by atoms with Crippen LogP contribution in [0.5, 0.6) is 0 Å². The van der Waals surface area contributed by atoms with E-state index >= 15 is 0 Å². The molecule has 1 aliphatic carbocycles. The predicted octanol–water partition coefficient (Wildman–Crippen LogP) is 3.56. The SMILES string of the molecule is CSCCCCCNC1CCC(NC(=O)OC(C)(C)C)C1. The van der Waals surface area contributed by atoms with Gasteiger partial charge in [0.15, 0.2) is 0 Å². The number of alkyl carbamates (subject to hydrolysis) is 1. The lowest BCUT2D eigenvalue weighted by Crippen LogP contribution is -2.39. The van der Waals surface area contributed by atoms with E-state index in [9.17, 15) is 4.79 Å². The molecule has 0 spiro atoms. The monoisotopic (exact) mass is 316 g/mol. The second-order valence-corrected chi connectivity index (χ2v) is 7.85. The molecule has 2 atom stereocenters. The van der Waals surface area contributed by atoms with Crippen molar-refractivity contribution in [3.05, 3.63) is 0 Å². The first-order chi connectivity index (χ1) is 9.90. The molecule has 0 aromatic carbocycles. The average Bonchev–Trinajstić information content (AvgIpc) is 2.78.